The van der Waals surface area contributed by atoms with Gasteiger partial charge in [0, 0.05) is 17.7 Å². The van der Waals surface area contributed by atoms with Gasteiger partial charge in [0.05, 0.1) is 38.7 Å². The number of nitrogens with zero attached hydrogens (tertiary/aromatic N) is 1. The lowest BCUT2D eigenvalue weighted by atomic mass is 9.69. The molecule has 0 bridgehead atoms. The smallest absolute Gasteiger partial charge is 0.313 e. The molecular weight excluding hydrogens is 363 g/mol. The van der Waals surface area contributed by atoms with E-state index in [4.69, 9.17) is 4.74 Å². The molecule has 0 aliphatic carbocycles. The largest absolute Gasteiger partial charge is 0.469 e. The number of hydrogen-bond donors (Lipinski definition) is 1. The number of nitrogens with one attached hydrogen (secondary N) is 1. The van der Waals surface area contributed by atoms with Crippen LogP contribution >= 0.6 is 0 Å². The molecule has 0 saturated heterocycles. The Morgan fingerprint density at radius 1 is 1.23 bits per heavy atom. The van der Waals surface area contributed by atoms with Crippen molar-refractivity contribution in [1.29, 1.82) is 0 Å². The molecule has 1 N–H and O–H groups in total. The van der Waals surface area contributed by atoms with E-state index in [9.17, 15) is 23.5 Å². The van der Waals surface area contributed by atoms with Crippen LogP contribution in [-0.2, 0) is 26.1 Å². The third-order valence-electron chi connectivity index (χ3n) is 4.50. The first-order valence-electron chi connectivity index (χ1n) is 7.91. The monoisotopic (exact) mass is 388 g/mol. The van der Waals surface area contributed by atoms with Crippen LogP contribution in [0.25, 0.3) is 0 Å². The number of non-ortho nitro benzene ring substituents is 1. The SMILES string of the molecule is COC(=O)C(C)(C)C(C)(NS(=O)C(C)(C)C)c1cc([N+](=O)[O-])ccc1F. The van der Waals surface area contributed by atoms with Crippen LogP contribution in [0, 0.1) is 21.3 Å². The normalized spacial score (nSPS) is 15.8. The first-order valence-corrected chi connectivity index (χ1v) is 9.06. The van der Waals surface area contributed by atoms with Crippen LogP contribution in [0.3, 0.4) is 0 Å². The Morgan fingerprint density at radius 2 is 1.77 bits per heavy atom. The maximum absolute atomic E-state index is 14.7. The molecule has 26 heavy (non-hydrogen) atoms. The van der Waals surface area contributed by atoms with Crippen molar-refractivity contribution in [3.8, 4) is 0 Å². The number of halogens is 1. The summed E-state index contributed by atoms with van der Waals surface area (Å²) in [6, 6.07) is 3.04. The van der Waals surface area contributed by atoms with Crippen LogP contribution in [0.2, 0.25) is 0 Å². The Balaban J connectivity index is 3.71. The van der Waals surface area contributed by atoms with Crippen LogP contribution in [0.15, 0.2) is 18.2 Å². The molecule has 0 heterocycles. The number of rotatable bonds is 6. The molecule has 0 amide bonds. The molecule has 7 nitrogen and oxygen atoms in total. The fourth-order valence-corrected chi connectivity index (χ4v) is 3.37. The summed E-state index contributed by atoms with van der Waals surface area (Å²) < 4.78 is 34.3. The number of carbonyl (C=O) groups excluding carboxylic acids is 1. The van der Waals surface area contributed by atoms with E-state index >= 15 is 0 Å². The molecule has 146 valence electrons. The van der Waals surface area contributed by atoms with Gasteiger partial charge in [-0.2, -0.15) is 0 Å². The second-order valence-electron chi connectivity index (χ2n) is 7.65. The average Bonchev–Trinajstić information content (AvgIpc) is 2.52. The van der Waals surface area contributed by atoms with E-state index in [1.165, 1.54) is 27.9 Å². The number of esters is 1. The molecular formula is C17H25FN2O5S. The minimum absolute atomic E-state index is 0.139. The molecule has 2 unspecified atom stereocenters. The molecule has 2 atom stereocenters. The number of ether oxygens (including phenoxy) is 1. The van der Waals surface area contributed by atoms with Crippen LogP contribution in [0.4, 0.5) is 10.1 Å². The minimum Gasteiger partial charge on any atom is -0.469 e. The first-order chi connectivity index (χ1) is 11.7. The number of benzene rings is 1. The molecule has 0 aromatic heterocycles. The van der Waals surface area contributed by atoms with Crippen molar-refractivity contribution in [3.05, 3.63) is 39.7 Å². The highest BCUT2D eigenvalue weighted by Gasteiger charge is 2.52. The van der Waals surface area contributed by atoms with E-state index in [0.717, 1.165) is 18.2 Å². The number of carbonyl (C=O) groups is 1. The molecule has 0 spiro atoms. The van der Waals surface area contributed by atoms with Gasteiger partial charge in [0.1, 0.15) is 5.82 Å². The van der Waals surface area contributed by atoms with Crippen LogP contribution in [0.1, 0.15) is 47.1 Å². The second kappa shape index (κ2) is 7.40. The van der Waals surface area contributed by atoms with E-state index in [-0.39, 0.29) is 11.3 Å². The molecule has 0 aliphatic heterocycles. The fourth-order valence-electron chi connectivity index (χ4n) is 2.33. The lowest BCUT2D eigenvalue weighted by molar-refractivity contribution is -0.385. The highest BCUT2D eigenvalue weighted by atomic mass is 32.2. The summed E-state index contributed by atoms with van der Waals surface area (Å²) in [6.07, 6.45) is 0. The van der Waals surface area contributed by atoms with Gasteiger partial charge in [0.15, 0.2) is 0 Å². The Bertz CT molecular complexity index is 745. The van der Waals surface area contributed by atoms with Crippen molar-refractivity contribution < 1.29 is 23.1 Å². The number of hydrogen-bond acceptors (Lipinski definition) is 5. The summed E-state index contributed by atoms with van der Waals surface area (Å²) in [5, 5.41) is 11.1. The average molecular weight is 388 g/mol. The highest BCUT2D eigenvalue weighted by Crippen LogP contribution is 2.43. The molecule has 1 aromatic carbocycles. The van der Waals surface area contributed by atoms with Gasteiger partial charge in [0.25, 0.3) is 5.69 Å². The third-order valence-corrected chi connectivity index (χ3v) is 6.20. The maximum atomic E-state index is 14.7. The molecule has 1 rings (SSSR count). The number of methoxy groups -OCH3 is 1. The summed E-state index contributed by atoms with van der Waals surface area (Å²) in [7, 11) is -0.503. The van der Waals surface area contributed by atoms with Gasteiger partial charge < -0.3 is 4.74 Å². The van der Waals surface area contributed by atoms with Crippen molar-refractivity contribution in [3.63, 3.8) is 0 Å². The van der Waals surface area contributed by atoms with Crippen molar-refractivity contribution >= 4 is 22.6 Å². The number of nitro groups is 1. The van der Waals surface area contributed by atoms with E-state index in [1.54, 1.807) is 20.8 Å². The zero-order valence-electron chi connectivity index (χ0n) is 16.0. The summed E-state index contributed by atoms with van der Waals surface area (Å²) in [4.78, 5) is 22.9. The first kappa shape index (κ1) is 22.2. The van der Waals surface area contributed by atoms with Gasteiger partial charge in [-0.1, -0.05) is 0 Å². The standard InChI is InChI=1S/C17H25FN2O5S/c1-15(2,3)26(24)19-17(6,16(4,5)14(21)25-7)12-10-11(20(22)23)8-9-13(12)18/h8-10,19H,1-7H3. The van der Waals surface area contributed by atoms with E-state index in [1.807, 2.05) is 0 Å². The molecule has 0 radical (unpaired) electrons. The lowest BCUT2D eigenvalue weighted by Crippen LogP contribution is -2.57. The van der Waals surface area contributed by atoms with Crippen LogP contribution in [-0.4, -0.2) is 27.0 Å². The van der Waals surface area contributed by atoms with E-state index < -0.39 is 43.4 Å². The van der Waals surface area contributed by atoms with Gasteiger partial charge in [-0.05, 0) is 47.6 Å². The quantitative estimate of drug-likeness (QED) is 0.458. The van der Waals surface area contributed by atoms with Gasteiger partial charge in [-0.3, -0.25) is 14.9 Å². The zero-order valence-corrected chi connectivity index (χ0v) is 16.8. The van der Waals surface area contributed by atoms with Gasteiger partial charge in [-0.15, -0.1) is 0 Å². The minimum atomic E-state index is -1.69. The lowest BCUT2D eigenvalue weighted by Gasteiger charge is -2.43. The van der Waals surface area contributed by atoms with Gasteiger partial charge >= 0.3 is 5.97 Å². The molecule has 0 fully saturated rings. The van der Waals surface area contributed by atoms with E-state index in [2.05, 4.69) is 4.72 Å². The zero-order chi connectivity index (χ0) is 20.5. The predicted molar refractivity (Wildman–Crippen MR) is 97.2 cm³/mol. The summed E-state index contributed by atoms with van der Waals surface area (Å²) in [5.74, 6) is -1.43. The summed E-state index contributed by atoms with van der Waals surface area (Å²) in [6.45, 7) is 9.63. The summed E-state index contributed by atoms with van der Waals surface area (Å²) >= 11 is 0. The Kier molecular flexibility index (Phi) is 6.31. The molecule has 0 saturated carbocycles. The fraction of sp³-hybridized carbons (Fsp3) is 0.588. The molecule has 0 aliphatic rings. The Morgan fingerprint density at radius 3 is 2.19 bits per heavy atom. The third kappa shape index (κ3) is 4.09. The maximum Gasteiger partial charge on any atom is 0.313 e. The van der Waals surface area contributed by atoms with Crippen LogP contribution in [0.5, 0.6) is 0 Å². The predicted octanol–water partition coefficient (Wildman–Crippen LogP) is 3.20. The molecule has 9 heteroatoms. The second-order valence-corrected chi connectivity index (χ2v) is 9.61. The number of nitro benzene ring substituents is 1. The van der Waals surface area contributed by atoms with Gasteiger partial charge in [-0.25, -0.2) is 13.3 Å². The van der Waals surface area contributed by atoms with Gasteiger partial charge in [0.2, 0.25) is 0 Å². The Labute approximate surface area is 155 Å². The Hall–Kier alpha value is -1.87. The van der Waals surface area contributed by atoms with E-state index in [0.29, 0.717) is 0 Å². The van der Waals surface area contributed by atoms with Crippen molar-refractivity contribution in [1.82, 2.24) is 4.72 Å². The van der Waals surface area contributed by atoms with Crippen molar-refractivity contribution in [2.45, 2.75) is 51.8 Å². The topological polar surface area (TPSA) is 98.5 Å². The molecule has 1 aromatic rings. The highest BCUT2D eigenvalue weighted by molar-refractivity contribution is 7.84. The van der Waals surface area contributed by atoms with Crippen LogP contribution < -0.4 is 4.72 Å². The van der Waals surface area contributed by atoms with Crippen molar-refractivity contribution in [2.75, 3.05) is 7.11 Å². The summed E-state index contributed by atoms with van der Waals surface area (Å²) in [5.41, 5.74) is -3.41. The van der Waals surface area contributed by atoms with Crippen molar-refractivity contribution in [2.24, 2.45) is 5.41 Å².